The molecule has 0 saturated carbocycles. The van der Waals surface area contributed by atoms with Crippen molar-refractivity contribution in [3.8, 4) is 0 Å². The van der Waals surface area contributed by atoms with E-state index in [2.05, 4.69) is 5.32 Å². The van der Waals surface area contributed by atoms with Gasteiger partial charge < -0.3 is 19.9 Å². The Morgan fingerprint density at radius 1 is 1.26 bits per heavy atom. The van der Waals surface area contributed by atoms with Gasteiger partial charge in [-0.3, -0.25) is 4.79 Å². The van der Waals surface area contributed by atoms with Gasteiger partial charge in [0.1, 0.15) is 11.8 Å². The topological polar surface area (TPSA) is 84.9 Å². The summed E-state index contributed by atoms with van der Waals surface area (Å²) in [4.78, 5) is 24.5. The molecule has 0 aromatic heterocycles. The second kappa shape index (κ2) is 7.47. The zero-order chi connectivity index (χ0) is 18.8. The van der Waals surface area contributed by atoms with Gasteiger partial charge in [-0.2, -0.15) is 0 Å². The van der Waals surface area contributed by atoms with Crippen molar-refractivity contribution in [3.63, 3.8) is 0 Å². The molecule has 3 aliphatic rings. The molecule has 6 nitrogen and oxygen atoms in total. The quantitative estimate of drug-likeness (QED) is 0.834. The molecule has 2 N–H and O–H groups in total. The van der Waals surface area contributed by atoms with E-state index in [1.807, 2.05) is 18.2 Å². The van der Waals surface area contributed by atoms with Gasteiger partial charge in [0.05, 0.1) is 12.9 Å². The third-order valence-electron chi connectivity index (χ3n) is 5.36. The summed E-state index contributed by atoms with van der Waals surface area (Å²) >= 11 is 0. The standard InChI is InChI=1S/C21H23NO5/c23-20(16-7-3-5-14-4-1-2-6-15(14)16)22-17(21(24)25)10-13-11-19-18(27-12-13)8-9-26-19/h3,5,7,11-12,17-18H,1-2,4,6,8-10H2,(H,22,23)(H,24,25). The molecule has 0 bridgehead atoms. The highest BCUT2D eigenvalue weighted by Gasteiger charge is 2.29. The van der Waals surface area contributed by atoms with Crippen molar-refractivity contribution in [2.45, 2.75) is 50.7 Å². The van der Waals surface area contributed by atoms with Gasteiger partial charge in [0.15, 0.2) is 6.10 Å². The van der Waals surface area contributed by atoms with E-state index in [0.717, 1.165) is 43.4 Å². The van der Waals surface area contributed by atoms with Gasteiger partial charge in [-0.15, -0.1) is 0 Å². The fourth-order valence-corrected chi connectivity index (χ4v) is 3.95. The molecular formula is C21H23NO5. The average Bonchev–Trinajstić information content (AvgIpc) is 3.14. The van der Waals surface area contributed by atoms with Gasteiger partial charge in [0, 0.05) is 18.4 Å². The number of benzene rings is 1. The minimum atomic E-state index is -1.07. The molecule has 6 heteroatoms. The summed E-state index contributed by atoms with van der Waals surface area (Å²) in [5, 5.41) is 12.3. The Balaban J connectivity index is 1.48. The molecule has 27 heavy (non-hydrogen) atoms. The highest BCUT2D eigenvalue weighted by molar-refractivity contribution is 5.98. The summed E-state index contributed by atoms with van der Waals surface area (Å²) in [7, 11) is 0. The number of carbonyl (C=O) groups excluding carboxylic acids is 1. The Kier molecular flexibility index (Phi) is 4.88. The van der Waals surface area contributed by atoms with E-state index in [1.54, 1.807) is 12.3 Å². The van der Waals surface area contributed by atoms with Crippen LogP contribution in [0.5, 0.6) is 0 Å². The number of hydrogen-bond acceptors (Lipinski definition) is 4. The molecular weight excluding hydrogens is 346 g/mol. The molecule has 0 spiro atoms. The Bertz CT molecular complexity index is 826. The monoisotopic (exact) mass is 369 g/mol. The number of aliphatic carboxylic acids is 1. The van der Waals surface area contributed by atoms with Crippen molar-refractivity contribution in [1.82, 2.24) is 5.32 Å². The molecule has 2 atom stereocenters. The maximum absolute atomic E-state index is 12.8. The van der Waals surface area contributed by atoms with Gasteiger partial charge >= 0.3 is 5.97 Å². The normalized spacial score (nSPS) is 21.6. The van der Waals surface area contributed by atoms with E-state index < -0.39 is 12.0 Å². The zero-order valence-corrected chi connectivity index (χ0v) is 15.1. The molecule has 2 unspecified atom stereocenters. The number of ether oxygens (including phenoxy) is 2. The van der Waals surface area contributed by atoms with E-state index in [4.69, 9.17) is 9.47 Å². The van der Waals surface area contributed by atoms with Crippen molar-refractivity contribution in [2.75, 3.05) is 6.61 Å². The van der Waals surface area contributed by atoms with Gasteiger partial charge in [-0.25, -0.2) is 4.79 Å². The Hall–Kier alpha value is -2.76. The van der Waals surface area contributed by atoms with E-state index >= 15 is 0 Å². The van der Waals surface area contributed by atoms with Crippen LogP contribution in [0.1, 0.15) is 47.2 Å². The van der Waals surface area contributed by atoms with Crippen LogP contribution in [-0.2, 0) is 27.1 Å². The summed E-state index contributed by atoms with van der Waals surface area (Å²) in [5.41, 5.74) is 3.53. The van der Waals surface area contributed by atoms with Crippen molar-refractivity contribution < 1.29 is 24.2 Å². The number of aryl methyl sites for hydroxylation is 1. The number of rotatable bonds is 5. The van der Waals surface area contributed by atoms with E-state index in [1.165, 1.54) is 5.56 Å². The van der Waals surface area contributed by atoms with Gasteiger partial charge in [0.25, 0.3) is 5.91 Å². The van der Waals surface area contributed by atoms with Gasteiger partial charge in [-0.1, -0.05) is 12.1 Å². The number of nitrogens with one attached hydrogen (secondary N) is 1. The number of carboxylic acids is 1. The number of fused-ring (bicyclic) bond motifs is 2. The van der Waals surface area contributed by atoms with Crippen molar-refractivity contribution in [3.05, 3.63) is 58.6 Å². The molecule has 4 rings (SSSR count). The van der Waals surface area contributed by atoms with E-state index in [-0.39, 0.29) is 18.4 Å². The third kappa shape index (κ3) is 3.70. The lowest BCUT2D eigenvalue weighted by molar-refractivity contribution is -0.139. The van der Waals surface area contributed by atoms with Crippen LogP contribution in [0.25, 0.3) is 0 Å². The predicted molar refractivity (Wildman–Crippen MR) is 98.2 cm³/mol. The first-order chi connectivity index (χ1) is 13.1. The lowest BCUT2D eigenvalue weighted by atomic mass is 9.88. The third-order valence-corrected chi connectivity index (χ3v) is 5.36. The lowest BCUT2D eigenvalue weighted by Crippen LogP contribution is -2.41. The van der Waals surface area contributed by atoms with Crippen LogP contribution in [0.2, 0.25) is 0 Å². The molecule has 1 fully saturated rings. The maximum atomic E-state index is 12.8. The Labute approximate surface area is 157 Å². The van der Waals surface area contributed by atoms with Crippen LogP contribution < -0.4 is 5.32 Å². The first-order valence-electron chi connectivity index (χ1n) is 9.45. The number of carbonyl (C=O) groups is 2. The number of amides is 1. The van der Waals surface area contributed by atoms with Crippen molar-refractivity contribution in [2.24, 2.45) is 0 Å². The Morgan fingerprint density at radius 3 is 2.96 bits per heavy atom. The molecule has 1 aromatic carbocycles. The molecule has 142 valence electrons. The molecule has 2 heterocycles. The number of allylic oxidation sites excluding steroid dienone is 1. The van der Waals surface area contributed by atoms with Gasteiger partial charge in [-0.05, 0) is 54.5 Å². The molecule has 1 aliphatic carbocycles. The molecule has 1 amide bonds. The second-order valence-electron chi connectivity index (χ2n) is 7.22. The van der Waals surface area contributed by atoms with Crippen LogP contribution in [0.3, 0.4) is 0 Å². The number of hydrogen-bond donors (Lipinski definition) is 2. The van der Waals surface area contributed by atoms with E-state index in [0.29, 0.717) is 17.7 Å². The van der Waals surface area contributed by atoms with Crippen molar-refractivity contribution in [1.29, 1.82) is 0 Å². The fraction of sp³-hybridized carbons (Fsp3) is 0.429. The molecule has 2 aliphatic heterocycles. The summed E-state index contributed by atoms with van der Waals surface area (Å²) in [6, 6.07) is 4.67. The van der Waals surface area contributed by atoms with Gasteiger partial charge in [0.2, 0.25) is 0 Å². The maximum Gasteiger partial charge on any atom is 0.326 e. The summed E-state index contributed by atoms with van der Waals surface area (Å²) in [6.45, 7) is 0.607. The number of carboxylic acid groups (broad SMARTS) is 1. The minimum Gasteiger partial charge on any atom is -0.494 e. The fourth-order valence-electron chi connectivity index (χ4n) is 3.95. The van der Waals surface area contributed by atoms with Crippen LogP contribution in [0, 0.1) is 0 Å². The average molecular weight is 369 g/mol. The smallest absolute Gasteiger partial charge is 0.326 e. The highest BCUT2D eigenvalue weighted by atomic mass is 16.5. The first-order valence-corrected chi connectivity index (χ1v) is 9.45. The summed E-state index contributed by atoms with van der Waals surface area (Å²) < 4.78 is 11.1. The molecule has 1 saturated heterocycles. The zero-order valence-electron chi connectivity index (χ0n) is 15.1. The van der Waals surface area contributed by atoms with Crippen LogP contribution >= 0.6 is 0 Å². The molecule has 1 aromatic rings. The van der Waals surface area contributed by atoms with Crippen LogP contribution in [-0.4, -0.2) is 35.7 Å². The molecule has 0 radical (unpaired) electrons. The predicted octanol–water partition coefficient (Wildman–Crippen LogP) is 2.73. The largest absolute Gasteiger partial charge is 0.494 e. The first kappa shape index (κ1) is 17.6. The van der Waals surface area contributed by atoms with E-state index in [9.17, 15) is 14.7 Å². The summed E-state index contributed by atoms with van der Waals surface area (Å²) in [6.07, 6.45) is 8.30. The van der Waals surface area contributed by atoms with Crippen LogP contribution in [0.4, 0.5) is 0 Å². The minimum absolute atomic E-state index is 0.0672. The summed E-state index contributed by atoms with van der Waals surface area (Å²) in [5.74, 6) is -0.664. The Morgan fingerprint density at radius 2 is 2.11 bits per heavy atom. The lowest BCUT2D eigenvalue weighted by Gasteiger charge is -2.22. The van der Waals surface area contributed by atoms with Crippen molar-refractivity contribution >= 4 is 11.9 Å². The highest BCUT2D eigenvalue weighted by Crippen LogP contribution is 2.28. The van der Waals surface area contributed by atoms with Crippen LogP contribution in [0.15, 0.2) is 41.9 Å². The second-order valence-corrected chi connectivity index (χ2v) is 7.22. The SMILES string of the molecule is O=C(NC(CC1=COC2CCOC2=C1)C(=O)O)c1cccc2c1CCCC2.